The minimum absolute atomic E-state index is 0.0568. The molecule has 1 rings (SSSR count). The van der Waals surface area contributed by atoms with Gasteiger partial charge in [0, 0.05) is 18.4 Å². The molecular weight excluding hydrogens is 360 g/mol. The Morgan fingerprint density at radius 3 is 2.43 bits per heavy atom. The van der Waals surface area contributed by atoms with E-state index in [9.17, 15) is 14.4 Å². The Morgan fingerprint density at radius 1 is 1.32 bits per heavy atom. The lowest BCUT2D eigenvalue weighted by Crippen LogP contribution is -2.69. The van der Waals surface area contributed by atoms with E-state index in [0.717, 1.165) is 12.5 Å². The molecule has 1 N–H and O–H groups in total. The van der Waals surface area contributed by atoms with Crippen molar-refractivity contribution in [3.05, 3.63) is 12.7 Å². The summed E-state index contributed by atoms with van der Waals surface area (Å²) in [6.07, 6.45) is 2.89. The highest BCUT2D eigenvalue weighted by molar-refractivity contribution is 5.85. The quantitative estimate of drug-likeness (QED) is 0.366. The fourth-order valence-corrected chi connectivity index (χ4v) is 3.53. The SMILES string of the molecule is C=CC(=O)OCCNC(=O)C(C)(C)ON1C(C)(CC)CC(=O)C(C)C1(C)CC. The number of rotatable bonds is 9. The molecule has 1 amide bonds. The monoisotopic (exact) mass is 396 g/mol. The number of carbonyl (C=O) groups is 3. The molecule has 7 nitrogen and oxygen atoms in total. The van der Waals surface area contributed by atoms with Crippen LogP contribution in [0.2, 0.25) is 0 Å². The molecule has 0 aliphatic carbocycles. The van der Waals surface area contributed by atoms with Crippen molar-refractivity contribution in [2.24, 2.45) is 5.92 Å². The Labute approximate surface area is 168 Å². The van der Waals surface area contributed by atoms with Gasteiger partial charge in [-0.25, -0.2) is 4.79 Å². The molecule has 0 radical (unpaired) electrons. The maximum absolute atomic E-state index is 12.7. The van der Waals surface area contributed by atoms with Crippen LogP contribution in [-0.2, 0) is 24.0 Å². The molecule has 160 valence electrons. The van der Waals surface area contributed by atoms with Gasteiger partial charge in [-0.2, -0.15) is 5.06 Å². The van der Waals surface area contributed by atoms with Gasteiger partial charge in [-0.3, -0.25) is 14.4 Å². The second kappa shape index (κ2) is 9.18. The summed E-state index contributed by atoms with van der Waals surface area (Å²) in [6.45, 7) is 17.0. The molecule has 0 spiro atoms. The van der Waals surface area contributed by atoms with Gasteiger partial charge in [0.05, 0.1) is 17.6 Å². The summed E-state index contributed by atoms with van der Waals surface area (Å²) in [5.74, 6) is -0.827. The highest BCUT2D eigenvalue weighted by Crippen LogP contribution is 2.45. The molecule has 1 heterocycles. The van der Waals surface area contributed by atoms with E-state index in [0.29, 0.717) is 12.8 Å². The normalized spacial score (nSPS) is 28.7. The van der Waals surface area contributed by atoms with Crippen molar-refractivity contribution in [3.8, 4) is 0 Å². The highest BCUT2D eigenvalue weighted by Gasteiger charge is 2.55. The van der Waals surface area contributed by atoms with E-state index in [2.05, 4.69) is 11.9 Å². The third kappa shape index (κ3) is 5.00. The van der Waals surface area contributed by atoms with E-state index in [-0.39, 0.29) is 30.8 Å². The minimum Gasteiger partial charge on any atom is -0.461 e. The molecule has 1 aliphatic rings. The number of hydrogen-bond donors (Lipinski definition) is 1. The molecule has 1 saturated heterocycles. The number of esters is 1. The van der Waals surface area contributed by atoms with Crippen molar-refractivity contribution in [2.45, 2.75) is 84.4 Å². The Morgan fingerprint density at radius 2 is 1.93 bits per heavy atom. The third-order valence-electron chi connectivity index (χ3n) is 6.07. The van der Waals surface area contributed by atoms with Gasteiger partial charge in [-0.05, 0) is 40.5 Å². The molecular formula is C21H36N2O5. The van der Waals surface area contributed by atoms with Crippen molar-refractivity contribution in [1.82, 2.24) is 10.4 Å². The zero-order valence-electron chi connectivity index (χ0n) is 18.4. The predicted molar refractivity (Wildman–Crippen MR) is 107 cm³/mol. The zero-order valence-corrected chi connectivity index (χ0v) is 18.4. The van der Waals surface area contributed by atoms with E-state index in [1.807, 2.05) is 39.7 Å². The van der Waals surface area contributed by atoms with Crippen LogP contribution in [0.15, 0.2) is 12.7 Å². The fraction of sp³-hybridized carbons (Fsp3) is 0.762. The number of nitrogens with one attached hydrogen (secondary N) is 1. The lowest BCUT2D eigenvalue weighted by atomic mass is 9.70. The predicted octanol–water partition coefficient (Wildman–Crippen LogP) is 2.79. The highest BCUT2D eigenvalue weighted by atomic mass is 16.7. The summed E-state index contributed by atoms with van der Waals surface area (Å²) in [5.41, 5.74) is -2.17. The van der Waals surface area contributed by atoms with E-state index >= 15 is 0 Å². The van der Waals surface area contributed by atoms with Gasteiger partial charge in [0.1, 0.15) is 12.4 Å². The van der Waals surface area contributed by atoms with E-state index < -0.39 is 22.6 Å². The van der Waals surface area contributed by atoms with Gasteiger partial charge in [-0.15, -0.1) is 0 Å². The zero-order chi connectivity index (χ0) is 21.8. The van der Waals surface area contributed by atoms with Crippen molar-refractivity contribution in [2.75, 3.05) is 13.2 Å². The van der Waals surface area contributed by atoms with Crippen LogP contribution in [0.4, 0.5) is 0 Å². The molecule has 7 heteroatoms. The van der Waals surface area contributed by atoms with Crippen LogP contribution in [0, 0.1) is 5.92 Å². The Balaban J connectivity index is 2.95. The van der Waals surface area contributed by atoms with Crippen molar-refractivity contribution < 1.29 is 24.0 Å². The van der Waals surface area contributed by atoms with Gasteiger partial charge in [0.25, 0.3) is 5.91 Å². The number of hydrogen-bond acceptors (Lipinski definition) is 6. The molecule has 3 atom stereocenters. The molecule has 1 aliphatic heterocycles. The lowest BCUT2D eigenvalue weighted by molar-refractivity contribution is -0.330. The van der Waals surface area contributed by atoms with Gasteiger partial charge in [0.15, 0.2) is 5.60 Å². The van der Waals surface area contributed by atoms with Crippen LogP contribution in [0.25, 0.3) is 0 Å². The van der Waals surface area contributed by atoms with Crippen LogP contribution < -0.4 is 5.32 Å². The second-order valence-corrected chi connectivity index (χ2v) is 8.45. The van der Waals surface area contributed by atoms with Crippen molar-refractivity contribution >= 4 is 17.7 Å². The summed E-state index contributed by atoms with van der Waals surface area (Å²) >= 11 is 0. The number of carbonyl (C=O) groups excluding carboxylic acids is 3. The molecule has 28 heavy (non-hydrogen) atoms. The molecule has 3 unspecified atom stereocenters. The number of amides is 1. The summed E-state index contributed by atoms with van der Waals surface area (Å²) in [4.78, 5) is 42.7. The summed E-state index contributed by atoms with van der Waals surface area (Å²) in [5, 5.41) is 4.63. The van der Waals surface area contributed by atoms with Gasteiger partial charge in [-0.1, -0.05) is 27.4 Å². The van der Waals surface area contributed by atoms with Crippen LogP contribution in [-0.4, -0.2) is 52.6 Å². The van der Waals surface area contributed by atoms with Gasteiger partial charge >= 0.3 is 5.97 Å². The summed E-state index contributed by atoms with van der Waals surface area (Å²) in [7, 11) is 0. The summed E-state index contributed by atoms with van der Waals surface area (Å²) in [6, 6.07) is 0. The largest absolute Gasteiger partial charge is 0.461 e. The number of hydroxylamine groups is 2. The molecule has 0 saturated carbocycles. The van der Waals surface area contributed by atoms with Crippen molar-refractivity contribution in [1.29, 1.82) is 0 Å². The fourth-order valence-electron chi connectivity index (χ4n) is 3.53. The average Bonchev–Trinajstić information content (AvgIpc) is 2.66. The molecule has 1 fully saturated rings. The third-order valence-corrected chi connectivity index (χ3v) is 6.07. The van der Waals surface area contributed by atoms with E-state index in [1.54, 1.807) is 13.8 Å². The molecule has 0 aromatic carbocycles. The second-order valence-electron chi connectivity index (χ2n) is 8.45. The van der Waals surface area contributed by atoms with Crippen LogP contribution in [0.5, 0.6) is 0 Å². The first-order chi connectivity index (χ1) is 12.9. The van der Waals surface area contributed by atoms with Crippen LogP contribution in [0.1, 0.15) is 67.7 Å². The minimum atomic E-state index is -1.16. The number of piperidine rings is 1. The Kier molecular flexibility index (Phi) is 7.97. The smallest absolute Gasteiger partial charge is 0.330 e. The number of ether oxygens (including phenoxy) is 1. The first-order valence-electron chi connectivity index (χ1n) is 9.97. The first-order valence-corrected chi connectivity index (χ1v) is 9.97. The van der Waals surface area contributed by atoms with Crippen molar-refractivity contribution in [3.63, 3.8) is 0 Å². The Hall–Kier alpha value is -1.73. The van der Waals surface area contributed by atoms with Crippen LogP contribution in [0.3, 0.4) is 0 Å². The maximum atomic E-state index is 12.7. The number of nitrogens with zero attached hydrogens (tertiary/aromatic N) is 1. The average molecular weight is 397 g/mol. The molecule has 0 bridgehead atoms. The van der Waals surface area contributed by atoms with E-state index in [4.69, 9.17) is 9.57 Å². The molecule has 0 aromatic heterocycles. The first kappa shape index (κ1) is 24.3. The van der Waals surface area contributed by atoms with Gasteiger partial charge < -0.3 is 10.1 Å². The topological polar surface area (TPSA) is 84.9 Å². The molecule has 0 aromatic rings. The number of Topliss-reactive ketones (excluding diaryl/α,β-unsaturated/α-hetero) is 1. The summed E-state index contributed by atoms with van der Waals surface area (Å²) < 4.78 is 4.87. The van der Waals surface area contributed by atoms with E-state index in [1.165, 1.54) is 0 Å². The maximum Gasteiger partial charge on any atom is 0.330 e. The Bertz CT molecular complexity index is 618. The standard InChI is InChI=1S/C21H36N2O5/c1-9-17(25)27-13-12-22-18(26)19(5,6)28-23-20(7,10-2)14-16(24)15(4)21(23,8)11-3/h9,15H,1,10-14H2,2-8H3,(H,22,26). The van der Waals surface area contributed by atoms with Gasteiger partial charge in [0.2, 0.25) is 0 Å². The van der Waals surface area contributed by atoms with Crippen LogP contribution >= 0.6 is 0 Å². The lowest BCUT2D eigenvalue weighted by Gasteiger charge is -2.57. The number of ketones is 1.